The van der Waals surface area contributed by atoms with Gasteiger partial charge in [-0.1, -0.05) is 37.6 Å². The van der Waals surface area contributed by atoms with Crippen molar-refractivity contribution < 1.29 is 4.79 Å². The topological polar surface area (TPSA) is 53.2 Å². The van der Waals surface area contributed by atoms with Crippen LogP contribution in [-0.4, -0.2) is 28.9 Å². The van der Waals surface area contributed by atoms with Gasteiger partial charge in [-0.25, -0.2) is 0 Å². The van der Waals surface area contributed by atoms with E-state index in [4.69, 9.17) is 11.6 Å². The Hall–Kier alpha value is -2.07. The average Bonchev–Trinajstić information content (AvgIpc) is 3.05. The van der Waals surface area contributed by atoms with Gasteiger partial charge in [-0.2, -0.15) is 0 Å². The molecule has 0 spiro atoms. The van der Waals surface area contributed by atoms with Crippen LogP contribution in [0.4, 0.5) is 0 Å². The number of aromatic amines is 1. The molecule has 132 valence electrons. The van der Waals surface area contributed by atoms with Gasteiger partial charge < -0.3 is 9.88 Å². The summed E-state index contributed by atoms with van der Waals surface area (Å²) < 4.78 is 0. The Morgan fingerprint density at radius 1 is 1.24 bits per heavy atom. The molecule has 0 radical (unpaired) electrons. The van der Waals surface area contributed by atoms with Crippen LogP contribution in [0.2, 0.25) is 5.02 Å². The van der Waals surface area contributed by atoms with Gasteiger partial charge in [-0.05, 0) is 48.4 Å². The van der Waals surface area contributed by atoms with Crippen LogP contribution in [0.25, 0.3) is 0 Å². The lowest BCUT2D eigenvalue weighted by atomic mass is 9.99. The second kappa shape index (κ2) is 7.44. The third-order valence-corrected chi connectivity index (χ3v) is 5.02. The normalized spacial score (nSPS) is 17.3. The predicted octanol–water partition coefficient (Wildman–Crippen LogP) is 3.86. The lowest BCUT2D eigenvalue weighted by molar-refractivity contribution is 0.0785. The maximum Gasteiger partial charge on any atom is 0.255 e. The van der Waals surface area contributed by atoms with E-state index in [1.54, 1.807) is 6.07 Å². The summed E-state index contributed by atoms with van der Waals surface area (Å²) >= 11 is 5.93. The van der Waals surface area contributed by atoms with Gasteiger partial charge in [0.25, 0.3) is 5.91 Å². The number of H-pyrrole nitrogens is 1. The fourth-order valence-corrected chi connectivity index (χ4v) is 3.57. The predicted molar refractivity (Wildman–Crippen MR) is 100 cm³/mol. The highest BCUT2D eigenvalue weighted by atomic mass is 35.5. The van der Waals surface area contributed by atoms with Crippen molar-refractivity contribution in [2.75, 3.05) is 13.1 Å². The number of rotatable bonds is 4. The molecule has 1 aliphatic heterocycles. The highest BCUT2D eigenvalue weighted by Gasteiger charge is 2.28. The van der Waals surface area contributed by atoms with Crippen molar-refractivity contribution in [2.45, 2.75) is 32.6 Å². The molecule has 1 aromatic carbocycles. The Labute approximate surface area is 152 Å². The Balaban J connectivity index is 1.70. The van der Waals surface area contributed by atoms with Crippen LogP contribution in [-0.2, 0) is 6.42 Å². The van der Waals surface area contributed by atoms with Gasteiger partial charge in [-0.3, -0.25) is 9.59 Å². The molecule has 1 unspecified atom stereocenters. The maximum atomic E-state index is 12.9. The molecule has 0 aliphatic carbocycles. The molecule has 0 bridgehead atoms. The van der Waals surface area contributed by atoms with E-state index >= 15 is 0 Å². The Morgan fingerprint density at radius 3 is 2.64 bits per heavy atom. The number of pyridine rings is 1. The number of hydrogen-bond acceptors (Lipinski definition) is 2. The van der Waals surface area contributed by atoms with E-state index in [-0.39, 0.29) is 17.4 Å². The number of aromatic nitrogens is 1. The van der Waals surface area contributed by atoms with Gasteiger partial charge in [0.1, 0.15) is 0 Å². The molecule has 25 heavy (non-hydrogen) atoms. The Bertz CT molecular complexity index is 811. The number of hydrogen-bond donors (Lipinski definition) is 1. The average molecular weight is 359 g/mol. The minimum Gasteiger partial charge on any atom is -0.338 e. The highest BCUT2D eigenvalue weighted by molar-refractivity contribution is 6.30. The second-order valence-corrected chi connectivity index (χ2v) is 7.48. The van der Waals surface area contributed by atoms with Crippen LogP contribution in [0.15, 0.2) is 41.2 Å². The van der Waals surface area contributed by atoms with Crippen LogP contribution >= 0.6 is 11.6 Å². The van der Waals surface area contributed by atoms with Crippen molar-refractivity contribution in [1.82, 2.24) is 9.88 Å². The molecule has 1 amide bonds. The van der Waals surface area contributed by atoms with Gasteiger partial charge in [0.15, 0.2) is 0 Å². The summed E-state index contributed by atoms with van der Waals surface area (Å²) in [6.45, 7) is 5.47. The molecular formula is C20H23ClN2O2. The monoisotopic (exact) mass is 358 g/mol. The van der Waals surface area contributed by atoms with Crippen molar-refractivity contribution in [3.8, 4) is 0 Å². The summed E-state index contributed by atoms with van der Waals surface area (Å²) in [6, 6.07) is 11.0. The number of amides is 1. The smallest absolute Gasteiger partial charge is 0.255 e. The van der Waals surface area contributed by atoms with Crippen LogP contribution in [0.1, 0.15) is 47.8 Å². The molecule has 2 aromatic rings. The molecule has 1 aromatic heterocycles. The first-order valence-electron chi connectivity index (χ1n) is 8.71. The van der Waals surface area contributed by atoms with Crippen molar-refractivity contribution in [1.29, 1.82) is 0 Å². The van der Waals surface area contributed by atoms with Gasteiger partial charge >= 0.3 is 0 Å². The summed E-state index contributed by atoms with van der Waals surface area (Å²) in [5.41, 5.74) is 2.42. The summed E-state index contributed by atoms with van der Waals surface area (Å²) in [6.07, 6.45) is 1.94. The first-order chi connectivity index (χ1) is 11.9. The zero-order chi connectivity index (χ0) is 18.0. The minimum atomic E-state index is -0.165. The van der Waals surface area contributed by atoms with Gasteiger partial charge in [0, 0.05) is 29.9 Å². The van der Waals surface area contributed by atoms with Gasteiger partial charge in [0.2, 0.25) is 5.56 Å². The second-order valence-electron chi connectivity index (χ2n) is 7.04. The summed E-state index contributed by atoms with van der Waals surface area (Å²) in [5.74, 6) is 0.564. The zero-order valence-electron chi connectivity index (χ0n) is 14.6. The van der Waals surface area contributed by atoms with Crippen LogP contribution in [0.3, 0.4) is 0 Å². The summed E-state index contributed by atoms with van der Waals surface area (Å²) in [5, 5.41) is 0.742. The van der Waals surface area contributed by atoms with E-state index in [1.165, 1.54) is 11.6 Å². The molecule has 4 nitrogen and oxygen atoms in total. The molecule has 1 saturated heterocycles. The molecule has 1 aliphatic rings. The number of halogens is 1. The van der Waals surface area contributed by atoms with Crippen molar-refractivity contribution in [3.05, 3.63) is 68.6 Å². The van der Waals surface area contributed by atoms with Gasteiger partial charge in [0.05, 0.1) is 5.56 Å². The Kier molecular flexibility index (Phi) is 5.28. The first kappa shape index (κ1) is 17.7. The SMILES string of the molecule is CC(C)c1[nH]c(=O)ccc1C(=O)N1CCC(Cc2ccc(Cl)cc2)C1. The number of carbonyl (C=O) groups excluding carboxylic acids is 1. The van der Waals surface area contributed by atoms with Crippen molar-refractivity contribution in [3.63, 3.8) is 0 Å². The van der Waals surface area contributed by atoms with Crippen LogP contribution in [0, 0.1) is 5.92 Å². The molecule has 5 heteroatoms. The third kappa shape index (κ3) is 4.13. The molecule has 2 heterocycles. The van der Waals surface area contributed by atoms with E-state index < -0.39 is 0 Å². The minimum absolute atomic E-state index is 0.0126. The summed E-state index contributed by atoms with van der Waals surface area (Å²) in [7, 11) is 0. The summed E-state index contributed by atoms with van der Waals surface area (Å²) in [4.78, 5) is 29.2. The van der Waals surface area contributed by atoms with E-state index in [0.717, 1.165) is 36.6 Å². The fraction of sp³-hybridized carbons (Fsp3) is 0.400. The molecular weight excluding hydrogens is 336 g/mol. The molecule has 3 rings (SSSR count). The first-order valence-corrected chi connectivity index (χ1v) is 9.08. The van der Waals surface area contributed by atoms with E-state index in [2.05, 4.69) is 4.98 Å². The number of likely N-dealkylation sites (tertiary alicyclic amines) is 1. The molecule has 0 saturated carbocycles. The van der Waals surface area contributed by atoms with Crippen LogP contribution in [0.5, 0.6) is 0 Å². The number of carbonyl (C=O) groups is 1. The number of nitrogens with one attached hydrogen (secondary N) is 1. The highest BCUT2D eigenvalue weighted by Crippen LogP contribution is 2.25. The third-order valence-electron chi connectivity index (χ3n) is 4.77. The van der Waals surface area contributed by atoms with E-state index in [1.807, 2.05) is 43.0 Å². The maximum absolute atomic E-state index is 12.9. The number of nitrogens with zero attached hydrogens (tertiary/aromatic N) is 1. The quantitative estimate of drug-likeness (QED) is 0.902. The number of benzene rings is 1. The Morgan fingerprint density at radius 2 is 1.96 bits per heavy atom. The van der Waals surface area contributed by atoms with Crippen molar-refractivity contribution in [2.24, 2.45) is 5.92 Å². The van der Waals surface area contributed by atoms with Crippen molar-refractivity contribution >= 4 is 17.5 Å². The van der Waals surface area contributed by atoms with E-state index in [9.17, 15) is 9.59 Å². The lowest BCUT2D eigenvalue weighted by Gasteiger charge is -2.19. The molecule has 1 fully saturated rings. The van der Waals surface area contributed by atoms with Crippen LogP contribution < -0.4 is 5.56 Å². The fourth-order valence-electron chi connectivity index (χ4n) is 3.44. The standard InChI is InChI=1S/C20H23ClN2O2/c1-13(2)19-17(7-8-18(24)22-19)20(25)23-10-9-15(12-23)11-14-3-5-16(21)6-4-14/h3-8,13,15H,9-12H2,1-2H3,(H,22,24). The molecule has 1 N–H and O–H groups in total. The largest absolute Gasteiger partial charge is 0.338 e. The lowest BCUT2D eigenvalue weighted by Crippen LogP contribution is -2.31. The zero-order valence-corrected chi connectivity index (χ0v) is 15.3. The molecule has 1 atom stereocenters. The van der Waals surface area contributed by atoms with Gasteiger partial charge in [-0.15, -0.1) is 0 Å². The van der Waals surface area contributed by atoms with E-state index in [0.29, 0.717) is 11.5 Å².